The zero-order valence-corrected chi connectivity index (χ0v) is 22.6. The van der Waals surface area contributed by atoms with Crippen molar-refractivity contribution in [3.8, 4) is 5.75 Å². The number of rotatable bonds is 7. The number of aromatic nitrogens is 2. The molecule has 0 atom stereocenters. The van der Waals surface area contributed by atoms with Gasteiger partial charge in [0.25, 0.3) is 0 Å². The third-order valence-corrected chi connectivity index (χ3v) is 7.36. The van der Waals surface area contributed by atoms with Gasteiger partial charge in [0.2, 0.25) is 5.95 Å². The highest BCUT2D eigenvalue weighted by atomic mass is 16.5. The van der Waals surface area contributed by atoms with Crippen LogP contribution in [0.4, 0.5) is 39.3 Å². The Balaban J connectivity index is 1.18. The third kappa shape index (κ3) is 6.87. The van der Waals surface area contributed by atoms with Crippen molar-refractivity contribution in [2.24, 2.45) is 0 Å². The molecule has 39 heavy (non-hydrogen) atoms. The number of methoxy groups -OCH3 is 1. The van der Waals surface area contributed by atoms with E-state index in [2.05, 4.69) is 59.8 Å². The highest BCUT2D eigenvalue weighted by Crippen LogP contribution is 2.33. The number of hydrogen-bond acceptors (Lipinski definition) is 9. The first-order valence-electron chi connectivity index (χ1n) is 13.4. The molecule has 11 nitrogen and oxygen atoms in total. The minimum absolute atomic E-state index is 0.343. The SMILES string of the molecule is COc1cc(N2CCC(N3CCN(C)CC3)CC2)ccc1Nc1nccc(NC(=O)Nc2cccc(N)c2)n1. The largest absolute Gasteiger partial charge is 0.494 e. The van der Waals surface area contributed by atoms with Crippen LogP contribution in [-0.2, 0) is 0 Å². The van der Waals surface area contributed by atoms with E-state index in [4.69, 9.17) is 10.5 Å². The van der Waals surface area contributed by atoms with Gasteiger partial charge in [-0.15, -0.1) is 0 Å². The van der Waals surface area contributed by atoms with Gasteiger partial charge in [0.1, 0.15) is 11.6 Å². The van der Waals surface area contributed by atoms with Gasteiger partial charge in [-0.05, 0) is 56.3 Å². The second-order valence-corrected chi connectivity index (χ2v) is 10.0. The Morgan fingerprint density at radius 3 is 2.54 bits per heavy atom. The number of urea groups is 1. The van der Waals surface area contributed by atoms with Gasteiger partial charge in [-0.1, -0.05) is 6.07 Å². The first-order valence-corrected chi connectivity index (χ1v) is 13.4. The minimum atomic E-state index is -0.427. The summed E-state index contributed by atoms with van der Waals surface area (Å²) in [6.07, 6.45) is 3.92. The lowest BCUT2D eigenvalue weighted by Crippen LogP contribution is -2.52. The molecule has 206 valence electrons. The molecule has 0 bridgehead atoms. The Hall–Kier alpha value is -4.09. The van der Waals surface area contributed by atoms with Crippen LogP contribution in [-0.4, -0.2) is 85.3 Å². The number of carbonyl (C=O) groups excluding carboxylic acids is 1. The summed E-state index contributed by atoms with van der Waals surface area (Å²) in [4.78, 5) is 28.6. The molecule has 3 heterocycles. The van der Waals surface area contributed by atoms with Gasteiger partial charge in [0.15, 0.2) is 0 Å². The number of piperazine rings is 1. The number of anilines is 6. The van der Waals surface area contributed by atoms with Gasteiger partial charge < -0.3 is 30.9 Å². The Kier molecular flexibility index (Phi) is 8.28. The van der Waals surface area contributed by atoms with Gasteiger partial charge in [0, 0.05) is 74.6 Å². The standard InChI is InChI=1S/C28H37N9O2/c1-35-14-16-37(17-15-35)22-9-12-36(13-10-22)23-6-7-24(25(19-23)39-2)32-27-30-11-8-26(33-27)34-28(38)31-21-5-3-4-20(29)18-21/h3-8,11,18-19,22H,9-10,12-17,29H2,1-2H3,(H3,30,31,32,33,34,38). The van der Waals surface area contributed by atoms with Crippen molar-refractivity contribution in [2.75, 3.05) is 80.0 Å². The van der Waals surface area contributed by atoms with Crippen molar-refractivity contribution < 1.29 is 9.53 Å². The van der Waals surface area contributed by atoms with E-state index in [1.807, 2.05) is 6.07 Å². The maximum Gasteiger partial charge on any atom is 0.324 e. The van der Waals surface area contributed by atoms with Crippen molar-refractivity contribution in [1.82, 2.24) is 19.8 Å². The summed E-state index contributed by atoms with van der Waals surface area (Å²) in [6, 6.07) is 15.0. The topological polar surface area (TPSA) is 124 Å². The van der Waals surface area contributed by atoms with E-state index in [1.54, 1.807) is 43.6 Å². The highest BCUT2D eigenvalue weighted by Gasteiger charge is 2.27. The predicted octanol–water partition coefficient (Wildman–Crippen LogP) is 3.67. The van der Waals surface area contributed by atoms with Gasteiger partial charge in [-0.3, -0.25) is 10.2 Å². The predicted molar refractivity (Wildman–Crippen MR) is 156 cm³/mol. The molecule has 5 N–H and O–H groups in total. The van der Waals surface area contributed by atoms with Crippen LogP contribution in [0.5, 0.6) is 5.75 Å². The molecule has 11 heteroatoms. The lowest BCUT2D eigenvalue weighted by atomic mass is 10.0. The summed E-state index contributed by atoms with van der Waals surface area (Å²) < 4.78 is 5.70. The summed E-state index contributed by atoms with van der Waals surface area (Å²) in [6.45, 7) is 6.71. The van der Waals surface area contributed by atoms with Crippen LogP contribution >= 0.6 is 0 Å². The van der Waals surface area contributed by atoms with Crippen LogP contribution in [0.1, 0.15) is 12.8 Å². The van der Waals surface area contributed by atoms with Crippen LogP contribution in [0.3, 0.4) is 0 Å². The van der Waals surface area contributed by atoms with E-state index in [9.17, 15) is 4.79 Å². The van der Waals surface area contributed by atoms with Crippen molar-refractivity contribution in [2.45, 2.75) is 18.9 Å². The summed E-state index contributed by atoms with van der Waals surface area (Å²) in [5.41, 5.74) is 8.82. The molecule has 0 aliphatic carbocycles. The molecule has 0 unspecified atom stereocenters. The second-order valence-electron chi connectivity index (χ2n) is 10.0. The maximum absolute atomic E-state index is 12.4. The fourth-order valence-corrected chi connectivity index (χ4v) is 5.16. The highest BCUT2D eigenvalue weighted by molar-refractivity contribution is 5.99. The third-order valence-electron chi connectivity index (χ3n) is 7.36. The molecule has 3 aromatic rings. The number of benzene rings is 2. The first-order chi connectivity index (χ1) is 19.0. The molecular weight excluding hydrogens is 494 g/mol. The number of nitrogens with two attached hydrogens (primary N) is 1. The smallest absolute Gasteiger partial charge is 0.324 e. The van der Waals surface area contributed by atoms with E-state index in [-0.39, 0.29) is 0 Å². The number of nitrogens with zero attached hydrogens (tertiary/aromatic N) is 5. The van der Waals surface area contributed by atoms with Gasteiger partial charge >= 0.3 is 6.03 Å². The molecule has 2 saturated heterocycles. The number of hydrogen-bond donors (Lipinski definition) is 4. The maximum atomic E-state index is 12.4. The number of amides is 2. The Bertz CT molecular complexity index is 1270. The zero-order chi connectivity index (χ0) is 27.2. The molecule has 2 aliphatic rings. The van der Waals surface area contributed by atoms with E-state index in [1.165, 1.54) is 25.9 Å². The molecule has 2 fully saturated rings. The Morgan fingerprint density at radius 1 is 1.00 bits per heavy atom. The minimum Gasteiger partial charge on any atom is -0.494 e. The molecule has 0 radical (unpaired) electrons. The lowest BCUT2D eigenvalue weighted by Gasteiger charge is -2.42. The fourth-order valence-electron chi connectivity index (χ4n) is 5.16. The van der Waals surface area contributed by atoms with Crippen molar-refractivity contribution in [3.05, 3.63) is 54.7 Å². The Morgan fingerprint density at radius 2 is 1.79 bits per heavy atom. The molecule has 1 aromatic heterocycles. The van der Waals surface area contributed by atoms with E-state index < -0.39 is 6.03 Å². The summed E-state index contributed by atoms with van der Waals surface area (Å²) in [5, 5.41) is 8.67. The van der Waals surface area contributed by atoms with Crippen molar-refractivity contribution >= 4 is 40.5 Å². The molecule has 2 amide bonds. The monoisotopic (exact) mass is 531 g/mol. The van der Waals surface area contributed by atoms with Crippen LogP contribution in [0, 0.1) is 0 Å². The Labute approximate surface area is 229 Å². The van der Waals surface area contributed by atoms with Gasteiger partial charge in [-0.2, -0.15) is 4.98 Å². The van der Waals surface area contributed by atoms with E-state index in [0.29, 0.717) is 34.9 Å². The average molecular weight is 532 g/mol. The van der Waals surface area contributed by atoms with Crippen LogP contribution in [0.2, 0.25) is 0 Å². The van der Waals surface area contributed by atoms with E-state index in [0.717, 1.165) is 37.6 Å². The van der Waals surface area contributed by atoms with Gasteiger partial charge in [0.05, 0.1) is 12.8 Å². The molecule has 0 spiro atoms. The van der Waals surface area contributed by atoms with Crippen molar-refractivity contribution in [3.63, 3.8) is 0 Å². The number of piperidine rings is 1. The summed E-state index contributed by atoms with van der Waals surface area (Å²) >= 11 is 0. The number of ether oxygens (including phenoxy) is 1. The van der Waals surface area contributed by atoms with Crippen molar-refractivity contribution in [1.29, 1.82) is 0 Å². The quantitative estimate of drug-likeness (QED) is 0.338. The number of nitrogens with one attached hydrogen (secondary N) is 3. The van der Waals surface area contributed by atoms with Crippen LogP contribution in [0.25, 0.3) is 0 Å². The molecular formula is C28H37N9O2. The summed E-state index contributed by atoms with van der Waals surface area (Å²) in [5.74, 6) is 1.40. The first kappa shape index (κ1) is 26.5. The normalized spacial score (nSPS) is 17.0. The lowest BCUT2D eigenvalue weighted by molar-refractivity contribution is 0.0982. The molecule has 0 saturated carbocycles. The van der Waals surface area contributed by atoms with E-state index >= 15 is 0 Å². The average Bonchev–Trinajstić information content (AvgIpc) is 2.94. The number of nitrogen functional groups attached to an aromatic ring is 1. The van der Waals surface area contributed by atoms with Crippen LogP contribution < -0.4 is 31.3 Å². The number of carbonyl (C=O) groups is 1. The zero-order valence-electron chi connectivity index (χ0n) is 22.6. The summed E-state index contributed by atoms with van der Waals surface area (Å²) in [7, 11) is 3.86. The fraction of sp³-hybridized carbons (Fsp3) is 0.393. The van der Waals surface area contributed by atoms with Crippen LogP contribution in [0.15, 0.2) is 54.7 Å². The number of likely N-dealkylation sites (N-methyl/N-ethyl adjacent to an activating group) is 1. The molecule has 5 rings (SSSR count). The molecule has 2 aliphatic heterocycles. The van der Waals surface area contributed by atoms with Gasteiger partial charge in [-0.25, -0.2) is 9.78 Å². The molecule has 2 aromatic carbocycles. The second kappa shape index (κ2) is 12.2.